The van der Waals surface area contributed by atoms with Crippen LogP contribution in [0.5, 0.6) is 0 Å². The Bertz CT molecular complexity index is 276. The Hall–Kier alpha value is 0.00870. The zero-order valence-corrected chi connectivity index (χ0v) is 17.2. The molecule has 1 aromatic heterocycles. The summed E-state index contributed by atoms with van der Waals surface area (Å²) in [5.74, 6) is 0. The molecule has 0 saturated heterocycles. The number of rotatable bonds is 9. The quantitative estimate of drug-likeness (QED) is 0.455. The maximum atomic E-state index is 4.46. The molecular weight excluding hydrogens is 353 g/mol. The first kappa shape index (κ1) is 20.0. The third-order valence-electron chi connectivity index (χ3n) is 3.97. The van der Waals surface area contributed by atoms with Crippen LogP contribution in [-0.2, 0) is 0 Å². The number of hydrogen-bond acceptors (Lipinski definition) is 2. The third kappa shape index (κ3) is 10.8. The topological polar surface area (TPSA) is 26.0 Å². The van der Waals surface area contributed by atoms with Crippen LogP contribution in [0.15, 0.2) is 16.9 Å². The fourth-order valence-electron chi connectivity index (χ4n) is 2.46. The average Bonchev–Trinajstić information content (AvgIpc) is 2.93. The molecule has 2 nitrogen and oxygen atoms in total. The molecule has 20 heavy (non-hydrogen) atoms. The van der Waals surface area contributed by atoms with Crippen LogP contribution in [0, 0.1) is 6.92 Å². The largest absolute Gasteiger partial charge is 0.365 e. The van der Waals surface area contributed by atoms with E-state index in [-0.39, 0.29) is 0 Å². The minimum atomic E-state index is -1.56. The zero-order valence-electron chi connectivity index (χ0n) is 14.4. The van der Waals surface area contributed by atoms with Gasteiger partial charge >= 0.3 is 95.9 Å². The van der Waals surface area contributed by atoms with Gasteiger partial charge in [0, 0.05) is 6.07 Å². The monoisotopic (exact) mass is 389 g/mol. The van der Waals surface area contributed by atoms with Gasteiger partial charge in [-0.2, -0.15) is 0 Å². The Morgan fingerprint density at radius 1 is 0.950 bits per heavy atom. The molecule has 118 valence electrons. The average molecular weight is 388 g/mol. The summed E-state index contributed by atoms with van der Waals surface area (Å²) in [6.45, 7) is 8.90. The number of aromatic nitrogens is 1. The molecule has 0 aromatic carbocycles. The molecule has 3 heteroatoms. The second-order valence-corrected chi connectivity index (χ2v) is 20.9. The first-order valence-electron chi connectivity index (χ1n) is 8.45. The predicted octanol–water partition coefficient (Wildman–Crippen LogP) is 6.45. The van der Waals surface area contributed by atoms with Crippen molar-refractivity contribution in [3.05, 3.63) is 18.0 Å². The van der Waals surface area contributed by atoms with Crippen molar-refractivity contribution in [3.8, 4) is 0 Å². The summed E-state index contributed by atoms with van der Waals surface area (Å²) in [7, 11) is 0. The van der Waals surface area contributed by atoms with E-state index in [1.54, 1.807) is 25.6 Å². The first-order valence-corrected chi connectivity index (χ1v) is 17.4. The van der Waals surface area contributed by atoms with Crippen molar-refractivity contribution in [1.82, 2.24) is 5.16 Å². The fraction of sp³-hybridized carbons (Fsp3) is 0.824. The smallest absolute Gasteiger partial charge is 0.124 e. The summed E-state index contributed by atoms with van der Waals surface area (Å²) in [4.78, 5) is 2.72. The van der Waals surface area contributed by atoms with Crippen LogP contribution in [-0.4, -0.2) is 23.5 Å². The van der Waals surface area contributed by atoms with Crippen LogP contribution in [0.2, 0.25) is 18.2 Å². The van der Waals surface area contributed by atoms with Gasteiger partial charge in [-0.15, -0.1) is 0 Å². The van der Waals surface area contributed by atoms with Gasteiger partial charge in [-0.1, -0.05) is 5.16 Å². The molecule has 0 aliphatic carbocycles. The Morgan fingerprint density at radius 2 is 1.40 bits per heavy atom. The molecule has 1 rings (SSSR count). The van der Waals surface area contributed by atoms with Gasteiger partial charge in [-0.05, 0) is 6.92 Å². The maximum absolute atomic E-state index is 4.46. The Balaban J connectivity index is 0.000000493. The Kier molecular flexibility index (Phi) is 12.7. The Morgan fingerprint density at radius 3 is 1.60 bits per heavy atom. The SMILES string of the molecule is CCC[CH2][Sn]([CH3])([CH2]CCC)[CH2]CCC.Cc1ccon1. The molecule has 0 amide bonds. The molecule has 0 fully saturated rings. The van der Waals surface area contributed by atoms with E-state index in [1.165, 1.54) is 38.5 Å². The van der Waals surface area contributed by atoms with Gasteiger partial charge in [-0.3, -0.25) is 0 Å². The minimum absolute atomic E-state index is 0.926. The van der Waals surface area contributed by atoms with Gasteiger partial charge in [0.25, 0.3) is 0 Å². The van der Waals surface area contributed by atoms with Crippen molar-refractivity contribution in [3.63, 3.8) is 0 Å². The van der Waals surface area contributed by atoms with Crippen LogP contribution in [0.25, 0.3) is 0 Å². The van der Waals surface area contributed by atoms with Crippen molar-refractivity contribution >= 4 is 18.4 Å². The molecule has 0 N–H and O–H groups in total. The molecule has 1 aromatic rings. The Labute approximate surface area is 130 Å². The van der Waals surface area contributed by atoms with E-state index in [1.807, 2.05) is 6.92 Å². The number of hydrogen-bond donors (Lipinski definition) is 0. The molecule has 0 bridgehead atoms. The van der Waals surface area contributed by atoms with Crippen LogP contribution >= 0.6 is 0 Å². The normalized spacial score (nSPS) is 11.1. The number of unbranched alkanes of at least 4 members (excludes halogenated alkanes) is 3. The standard InChI is InChI=1S/C4H5NO.3C4H9.CH3.Sn/c1-4-2-3-6-5-4;3*1-3-4-2;;/h2-3H,1H3;3*1,3-4H2,2H3;1H3;. The van der Waals surface area contributed by atoms with E-state index in [0.29, 0.717) is 0 Å². The third-order valence-corrected chi connectivity index (χ3v) is 17.3. The molecule has 1 heterocycles. The van der Waals surface area contributed by atoms with Crippen LogP contribution in [0.4, 0.5) is 0 Å². The molecule has 0 aliphatic rings. The van der Waals surface area contributed by atoms with Crippen LogP contribution in [0.3, 0.4) is 0 Å². The second-order valence-electron chi connectivity index (χ2n) is 6.26. The molecule has 0 saturated carbocycles. The van der Waals surface area contributed by atoms with Crippen molar-refractivity contribution in [1.29, 1.82) is 0 Å². The summed E-state index contributed by atoms with van der Waals surface area (Å²) in [6, 6.07) is 1.81. The van der Waals surface area contributed by atoms with E-state index in [0.717, 1.165) is 5.69 Å². The van der Waals surface area contributed by atoms with Gasteiger partial charge in [0.15, 0.2) is 0 Å². The summed E-state index contributed by atoms with van der Waals surface area (Å²) in [5, 5.41) is 3.54. The number of aryl methyl sites for hydroxylation is 1. The summed E-state index contributed by atoms with van der Waals surface area (Å²) in [6.07, 6.45) is 10.3. The second kappa shape index (κ2) is 12.7. The molecule has 0 unspecified atom stereocenters. The van der Waals surface area contributed by atoms with Crippen LogP contribution < -0.4 is 0 Å². The van der Waals surface area contributed by atoms with Crippen molar-refractivity contribution in [2.45, 2.75) is 84.5 Å². The maximum Gasteiger partial charge on any atom is 0.124 e. The van der Waals surface area contributed by atoms with Crippen molar-refractivity contribution < 1.29 is 4.52 Å². The summed E-state index contributed by atoms with van der Waals surface area (Å²) >= 11 is -1.56. The zero-order chi connectivity index (χ0) is 15.3. The molecule has 0 atom stereocenters. The molecule has 0 spiro atoms. The minimum Gasteiger partial charge on any atom is -0.365 e. The van der Waals surface area contributed by atoms with Crippen molar-refractivity contribution in [2.75, 3.05) is 0 Å². The predicted molar refractivity (Wildman–Crippen MR) is 92.0 cm³/mol. The van der Waals surface area contributed by atoms with E-state index < -0.39 is 18.4 Å². The van der Waals surface area contributed by atoms with Gasteiger partial charge in [0.05, 0.1) is 5.69 Å². The first-order chi connectivity index (χ1) is 9.58. The van der Waals surface area contributed by atoms with Gasteiger partial charge in [-0.25, -0.2) is 0 Å². The molecule has 0 aliphatic heterocycles. The van der Waals surface area contributed by atoms with Gasteiger partial charge < -0.3 is 4.52 Å². The van der Waals surface area contributed by atoms with Gasteiger partial charge in [0.2, 0.25) is 0 Å². The van der Waals surface area contributed by atoms with Gasteiger partial charge in [0.1, 0.15) is 6.26 Å². The molecule has 0 radical (unpaired) electrons. The summed E-state index contributed by atoms with van der Waals surface area (Å²) < 4.78 is 9.44. The molecular formula is C17H35NOSn. The van der Waals surface area contributed by atoms with E-state index >= 15 is 0 Å². The number of nitrogens with zero attached hydrogens (tertiary/aromatic N) is 1. The summed E-state index contributed by atoms with van der Waals surface area (Å²) in [5.41, 5.74) is 0.926. The van der Waals surface area contributed by atoms with Crippen LogP contribution in [0.1, 0.15) is 65.0 Å². The van der Waals surface area contributed by atoms with Crippen molar-refractivity contribution in [2.24, 2.45) is 0 Å². The van der Waals surface area contributed by atoms with E-state index in [9.17, 15) is 0 Å². The van der Waals surface area contributed by atoms with E-state index in [4.69, 9.17) is 0 Å². The van der Waals surface area contributed by atoms with E-state index in [2.05, 4.69) is 35.4 Å². The fourth-order valence-corrected chi connectivity index (χ4v) is 14.9.